The van der Waals surface area contributed by atoms with Crippen molar-refractivity contribution >= 4 is 29.3 Å². The third-order valence-electron chi connectivity index (χ3n) is 3.06. The fourth-order valence-corrected chi connectivity index (χ4v) is 2.39. The molecule has 0 saturated heterocycles. The van der Waals surface area contributed by atoms with E-state index in [2.05, 4.69) is 5.32 Å². The second-order valence-corrected chi connectivity index (χ2v) is 5.63. The fraction of sp³-hybridized carbons (Fsp3) is 0.118. The van der Waals surface area contributed by atoms with E-state index >= 15 is 0 Å². The number of anilines is 1. The van der Waals surface area contributed by atoms with E-state index in [0.717, 1.165) is 28.3 Å². The Morgan fingerprint density at radius 1 is 1.29 bits per heavy atom. The molecule has 0 fully saturated rings. The number of nitrogens with one attached hydrogen (secondary N) is 1. The number of esters is 1. The highest BCUT2D eigenvalue weighted by Gasteiger charge is 2.14. The molecule has 0 radical (unpaired) electrons. The summed E-state index contributed by atoms with van der Waals surface area (Å²) in [7, 11) is 0. The quantitative estimate of drug-likeness (QED) is 0.510. The Kier molecular flexibility index (Phi) is 5.93. The number of thioether (sulfide) groups is 1. The average Bonchev–Trinajstić information content (AvgIpc) is 2.56. The number of aryl methyl sites for hydroxylation is 1. The number of ether oxygens (including phenoxy) is 1. The van der Waals surface area contributed by atoms with Gasteiger partial charge in [-0.2, -0.15) is 5.26 Å². The lowest BCUT2D eigenvalue weighted by Gasteiger charge is -2.10. The molecule has 0 aliphatic rings. The molecular weight excluding hydrogens is 331 g/mol. The second kappa shape index (κ2) is 8.13. The summed E-state index contributed by atoms with van der Waals surface area (Å²) in [6.07, 6.45) is 0. The van der Waals surface area contributed by atoms with E-state index in [1.54, 1.807) is 25.1 Å². The Labute approximate surface area is 142 Å². The molecule has 0 spiro atoms. The zero-order valence-electron chi connectivity index (χ0n) is 12.7. The standard InChI is InChI=1S/C17H13FN2O3S/c1-11-8-12(24-10-19)6-7-15(11)20-16(21)9-23-17(22)13-4-2-3-5-14(13)18/h2-8H,9H2,1H3,(H,20,21). The van der Waals surface area contributed by atoms with Gasteiger partial charge in [0.15, 0.2) is 6.61 Å². The summed E-state index contributed by atoms with van der Waals surface area (Å²) in [5, 5.41) is 13.2. The van der Waals surface area contributed by atoms with Crippen LogP contribution < -0.4 is 5.32 Å². The number of nitriles is 1. The Bertz CT molecular complexity index is 818. The number of carbonyl (C=O) groups excluding carboxylic acids is 2. The molecule has 122 valence electrons. The van der Waals surface area contributed by atoms with Crippen LogP contribution >= 0.6 is 11.8 Å². The first-order valence-corrected chi connectivity index (χ1v) is 7.71. The van der Waals surface area contributed by atoms with Gasteiger partial charge in [0.25, 0.3) is 5.91 Å². The predicted octanol–water partition coefficient (Wildman–Crippen LogP) is 3.50. The van der Waals surface area contributed by atoms with Crippen LogP contribution in [0.1, 0.15) is 15.9 Å². The van der Waals surface area contributed by atoms with Crippen LogP contribution in [0.4, 0.5) is 10.1 Å². The summed E-state index contributed by atoms with van der Waals surface area (Å²) < 4.78 is 18.2. The van der Waals surface area contributed by atoms with Gasteiger partial charge >= 0.3 is 5.97 Å². The summed E-state index contributed by atoms with van der Waals surface area (Å²) >= 11 is 1.02. The van der Waals surface area contributed by atoms with Crippen LogP contribution in [0.3, 0.4) is 0 Å². The molecule has 0 unspecified atom stereocenters. The molecule has 1 N–H and O–H groups in total. The first kappa shape index (κ1) is 17.5. The molecule has 24 heavy (non-hydrogen) atoms. The SMILES string of the molecule is Cc1cc(SC#N)ccc1NC(=O)COC(=O)c1ccccc1F. The van der Waals surface area contributed by atoms with Gasteiger partial charge in [-0.05, 0) is 54.6 Å². The minimum Gasteiger partial charge on any atom is -0.452 e. The molecular formula is C17H13FN2O3S. The van der Waals surface area contributed by atoms with Crippen LogP contribution in [-0.2, 0) is 9.53 Å². The van der Waals surface area contributed by atoms with Crippen molar-refractivity contribution in [1.82, 2.24) is 0 Å². The van der Waals surface area contributed by atoms with Crippen molar-refractivity contribution in [3.8, 4) is 5.40 Å². The zero-order chi connectivity index (χ0) is 17.5. The molecule has 2 aromatic rings. The Morgan fingerprint density at radius 2 is 2.04 bits per heavy atom. The van der Waals surface area contributed by atoms with Crippen molar-refractivity contribution in [3.63, 3.8) is 0 Å². The number of hydrogen-bond acceptors (Lipinski definition) is 5. The second-order valence-electron chi connectivity index (χ2n) is 4.77. The Balaban J connectivity index is 1.93. The van der Waals surface area contributed by atoms with E-state index in [9.17, 15) is 14.0 Å². The molecule has 5 nitrogen and oxygen atoms in total. The van der Waals surface area contributed by atoms with Gasteiger partial charge in [0.1, 0.15) is 11.2 Å². The summed E-state index contributed by atoms with van der Waals surface area (Å²) in [6, 6.07) is 10.5. The molecule has 0 aliphatic heterocycles. The average molecular weight is 344 g/mol. The molecule has 0 bridgehead atoms. The summed E-state index contributed by atoms with van der Waals surface area (Å²) in [6.45, 7) is 1.25. The van der Waals surface area contributed by atoms with Gasteiger partial charge in [0, 0.05) is 10.6 Å². The van der Waals surface area contributed by atoms with Crippen molar-refractivity contribution in [2.24, 2.45) is 0 Å². The first-order valence-electron chi connectivity index (χ1n) is 6.89. The van der Waals surface area contributed by atoms with E-state index < -0.39 is 24.3 Å². The van der Waals surface area contributed by atoms with E-state index in [4.69, 9.17) is 10.00 Å². The predicted molar refractivity (Wildman–Crippen MR) is 88.0 cm³/mol. The minimum atomic E-state index is -0.902. The zero-order valence-corrected chi connectivity index (χ0v) is 13.5. The van der Waals surface area contributed by atoms with Gasteiger partial charge in [-0.3, -0.25) is 4.79 Å². The number of halogens is 1. The lowest BCUT2D eigenvalue weighted by Crippen LogP contribution is -2.21. The van der Waals surface area contributed by atoms with Crippen LogP contribution in [0.5, 0.6) is 0 Å². The van der Waals surface area contributed by atoms with Crippen molar-refractivity contribution in [2.45, 2.75) is 11.8 Å². The largest absolute Gasteiger partial charge is 0.452 e. The van der Waals surface area contributed by atoms with Crippen molar-refractivity contribution < 1.29 is 18.7 Å². The Morgan fingerprint density at radius 3 is 2.71 bits per heavy atom. The number of benzene rings is 2. The van der Waals surface area contributed by atoms with E-state index in [-0.39, 0.29) is 5.56 Å². The molecule has 2 rings (SSSR count). The van der Waals surface area contributed by atoms with Gasteiger partial charge in [-0.25, -0.2) is 9.18 Å². The highest BCUT2D eigenvalue weighted by atomic mass is 32.2. The van der Waals surface area contributed by atoms with Crippen molar-refractivity contribution in [3.05, 3.63) is 59.4 Å². The van der Waals surface area contributed by atoms with E-state index in [0.29, 0.717) is 5.69 Å². The number of carbonyl (C=O) groups is 2. The maximum absolute atomic E-state index is 13.4. The number of thiocyanates is 1. The summed E-state index contributed by atoms with van der Waals surface area (Å²) in [5.41, 5.74) is 1.09. The molecule has 0 atom stereocenters. The molecule has 0 aromatic heterocycles. The van der Waals surface area contributed by atoms with Crippen molar-refractivity contribution in [1.29, 1.82) is 5.26 Å². The van der Waals surface area contributed by atoms with Crippen LogP contribution in [0.15, 0.2) is 47.4 Å². The smallest absolute Gasteiger partial charge is 0.341 e. The summed E-state index contributed by atoms with van der Waals surface area (Å²) in [5.74, 6) is -2.14. The molecule has 0 heterocycles. The molecule has 7 heteroatoms. The van der Waals surface area contributed by atoms with Crippen LogP contribution in [-0.4, -0.2) is 18.5 Å². The Hall–Kier alpha value is -2.85. The van der Waals surface area contributed by atoms with Gasteiger partial charge < -0.3 is 10.1 Å². The molecule has 0 saturated carbocycles. The summed E-state index contributed by atoms with van der Waals surface area (Å²) in [4.78, 5) is 24.3. The lowest BCUT2D eigenvalue weighted by molar-refractivity contribution is -0.119. The van der Waals surface area contributed by atoms with Gasteiger partial charge in [-0.15, -0.1) is 0 Å². The third-order valence-corrected chi connectivity index (χ3v) is 3.64. The van der Waals surface area contributed by atoms with Crippen LogP contribution in [0.2, 0.25) is 0 Å². The lowest BCUT2D eigenvalue weighted by atomic mass is 10.2. The van der Waals surface area contributed by atoms with Crippen LogP contribution in [0, 0.1) is 23.4 Å². The number of amides is 1. The fourth-order valence-electron chi connectivity index (χ4n) is 1.91. The van der Waals surface area contributed by atoms with Crippen LogP contribution in [0.25, 0.3) is 0 Å². The third kappa shape index (κ3) is 4.57. The highest BCUT2D eigenvalue weighted by molar-refractivity contribution is 8.03. The normalized spacial score (nSPS) is 9.88. The molecule has 2 aromatic carbocycles. The van der Waals surface area contributed by atoms with Gasteiger partial charge in [0.05, 0.1) is 5.56 Å². The van der Waals surface area contributed by atoms with E-state index in [1.807, 2.05) is 5.40 Å². The first-order chi connectivity index (χ1) is 11.5. The van der Waals surface area contributed by atoms with E-state index in [1.165, 1.54) is 18.2 Å². The number of rotatable bonds is 5. The molecule has 0 aliphatic carbocycles. The highest BCUT2D eigenvalue weighted by Crippen LogP contribution is 2.23. The van der Waals surface area contributed by atoms with Gasteiger partial charge in [0.2, 0.25) is 0 Å². The topological polar surface area (TPSA) is 79.2 Å². The van der Waals surface area contributed by atoms with Gasteiger partial charge in [-0.1, -0.05) is 12.1 Å². The maximum atomic E-state index is 13.4. The number of hydrogen-bond donors (Lipinski definition) is 1. The molecule has 1 amide bonds. The maximum Gasteiger partial charge on any atom is 0.341 e. The van der Waals surface area contributed by atoms with Crippen molar-refractivity contribution in [2.75, 3.05) is 11.9 Å². The number of nitrogens with zero attached hydrogens (tertiary/aromatic N) is 1. The monoisotopic (exact) mass is 344 g/mol. The minimum absolute atomic E-state index is 0.223.